The van der Waals surface area contributed by atoms with Gasteiger partial charge in [0, 0.05) is 16.8 Å². The monoisotopic (exact) mass is 350 g/mol. The van der Waals surface area contributed by atoms with Gasteiger partial charge in [0.2, 0.25) is 5.95 Å². The van der Waals surface area contributed by atoms with E-state index in [-0.39, 0.29) is 0 Å². The summed E-state index contributed by atoms with van der Waals surface area (Å²) in [5.74, 6) is 1.58. The van der Waals surface area contributed by atoms with Crippen molar-refractivity contribution in [1.82, 2.24) is 25.4 Å². The largest absolute Gasteiger partial charge is 0.339 e. The van der Waals surface area contributed by atoms with Crippen LogP contribution in [-0.4, -0.2) is 25.4 Å². The molecular formula is C16H14N8S. The Kier molecular flexibility index (Phi) is 4.05. The first kappa shape index (κ1) is 15.2. The lowest BCUT2D eigenvalue weighted by molar-refractivity contribution is 0.977. The molecule has 0 saturated heterocycles. The summed E-state index contributed by atoms with van der Waals surface area (Å²) in [6, 6.07) is 15.4. The van der Waals surface area contributed by atoms with Crippen molar-refractivity contribution in [1.29, 1.82) is 0 Å². The number of rotatable bonds is 5. The number of hydrogen-bond donors (Lipinski definition) is 5. The molecule has 9 heteroatoms. The molecule has 2 aromatic carbocycles. The molecule has 4 rings (SSSR count). The minimum absolute atomic E-state index is 0.357. The summed E-state index contributed by atoms with van der Waals surface area (Å²) < 4.78 is 2.78. The van der Waals surface area contributed by atoms with E-state index in [1.54, 1.807) is 6.20 Å². The molecule has 0 aliphatic heterocycles. The van der Waals surface area contributed by atoms with Gasteiger partial charge in [-0.05, 0) is 36.4 Å². The molecule has 0 fully saturated rings. The minimum Gasteiger partial charge on any atom is -0.339 e. The van der Waals surface area contributed by atoms with Crippen LogP contribution < -0.4 is 15.4 Å². The van der Waals surface area contributed by atoms with E-state index in [0.29, 0.717) is 17.6 Å². The third-order valence-electron chi connectivity index (χ3n) is 3.55. The molecule has 0 unspecified atom stereocenters. The van der Waals surface area contributed by atoms with Gasteiger partial charge in [-0.15, -0.1) is 5.10 Å². The summed E-state index contributed by atoms with van der Waals surface area (Å²) in [6.45, 7) is 0. The number of benzene rings is 2. The summed E-state index contributed by atoms with van der Waals surface area (Å²) >= 11 is 4.01. The molecule has 2 aromatic heterocycles. The van der Waals surface area contributed by atoms with Crippen molar-refractivity contribution in [2.75, 3.05) is 15.4 Å². The van der Waals surface area contributed by atoms with Crippen LogP contribution in [0.2, 0.25) is 0 Å². The fraction of sp³-hybridized carbons (Fsp3) is 0. The first-order valence-electron chi connectivity index (χ1n) is 7.49. The lowest BCUT2D eigenvalue weighted by Crippen LogP contribution is -2.02. The van der Waals surface area contributed by atoms with Crippen molar-refractivity contribution >= 4 is 52.7 Å². The normalized spacial score (nSPS) is 10.6. The molecule has 0 amide bonds. The first-order valence-corrected chi connectivity index (χ1v) is 7.93. The zero-order chi connectivity index (χ0) is 17.1. The zero-order valence-corrected chi connectivity index (χ0v) is 13.8. The number of anilines is 5. The van der Waals surface area contributed by atoms with Crippen LogP contribution in [0, 0.1) is 0 Å². The molecule has 124 valence electrons. The van der Waals surface area contributed by atoms with E-state index in [4.69, 9.17) is 0 Å². The van der Waals surface area contributed by atoms with Crippen LogP contribution >= 0.6 is 12.8 Å². The van der Waals surface area contributed by atoms with Gasteiger partial charge in [-0.3, -0.25) is 5.10 Å². The Bertz CT molecular complexity index is 998. The maximum absolute atomic E-state index is 4.41. The van der Waals surface area contributed by atoms with Crippen LogP contribution in [0.4, 0.5) is 29.0 Å². The molecule has 0 spiro atoms. The van der Waals surface area contributed by atoms with Crippen LogP contribution in [-0.2, 0) is 0 Å². The minimum atomic E-state index is 0.357. The standard InChI is InChI=1S/C16H14N8S/c25-24-11-7-5-10(6-8-11)18-14-9-17-23-16(19-14)20-15-12-3-1-2-4-13(12)21-22-15/h1-9,24-25H,(H3,18,19,20,21,22,23). The van der Waals surface area contributed by atoms with Crippen molar-refractivity contribution in [2.24, 2.45) is 0 Å². The van der Waals surface area contributed by atoms with Crippen LogP contribution in [0.5, 0.6) is 0 Å². The van der Waals surface area contributed by atoms with Gasteiger partial charge in [0.25, 0.3) is 0 Å². The van der Waals surface area contributed by atoms with Gasteiger partial charge in [0.1, 0.15) is 0 Å². The van der Waals surface area contributed by atoms with Crippen molar-refractivity contribution in [3.05, 3.63) is 54.7 Å². The highest BCUT2D eigenvalue weighted by atomic mass is 32.1. The number of aromatic amines is 1. The number of para-hydroxylation sites is 1. The molecule has 0 aliphatic rings. The van der Waals surface area contributed by atoms with E-state index >= 15 is 0 Å². The second-order valence-corrected chi connectivity index (χ2v) is 5.45. The van der Waals surface area contributed by atoms with Crippen LogP contribution in [0.25, 0.3) is 10.9 Å². The highest BCUT2D eigenvalue weighted by Gasteiger charge is 2.08. The Balaban J connectivity index is 1.54. The number of fused-ring (bicyclic) bond motifs is 1. The summed E-state index contributed by atoms with van der Waals surface area (Å²) in [6.07, 6.45) is 1.55. The third-order valence-corrected chi connectivity index (χ3v) is 3.80. The summed E-state index contributed by atoms with van der Waals surface area (Å²) in [5.41, 5.74) is 2.72. The maximum atomic E-state index is 4.41. The smallest absolute Gasteiger partial charge is 0.250 e. The Hall–Kier alpha value is -3.33. The van der Waals surface area contributed by atoms with Crippen LogP contribution in [0.15, 0.2) is 54.7 Å². The summed E-state index contributed by atoms with van der Waals surface area (Å²) in [4.78, 5) is 4.41. The van der Waals surface area contributed by atoms with E-state index in [0.717, 1.165) is 22.3 Å². The lowest BCUT2D eigenvalue weighted by atomic mass is 10.2. The highest BCUT2D eigenvalue weighted by Crippen LogP contribution is 2.23. The Morgan fingerprint density at radius 2 is 1.72 bits per heavy atom. The fourth-order valence-corrected chi connectivity index (χ4v) is 2.51. The summed E-state index contributed by atoms with van der Waals surface area (Å²) in [5, 5.41) is 22.4. The number of H-pyrrole nitrogens is 1. The molecule has 2 heterocycles. The van der Waals surface area contributed by atoms with Gasteiger partial charge in [0.05, 0.1) is 11.7 Å². The Labute approximate surface area is 148 Å². The molecule has 8 nitrogen and oxygen atoms in total. The number of aromatic nitrogens is 5. The van der Waals surface area contributed by atoms with Crippen LogP contribution in [0.3, 0.4) is 0 Å². The number of nitrogens with zero attached hydrogens (tertiary/aromatic N) is 4. The molecule has 0 aliphatic carbocycles. The summed E-state index contributed by atoms with van der Waals surface area (Å²) in [7, 11) is 0. The average Bonchev–Trinajstić information content (AvgIpc) is 3.06. The van der Waals surface area contributed by atoms with Crippen molar-refractivity contribution < 1.29 is 0 Å². The zero-order valence-electron chi connectivity index (χ0n) is 12.9. The Morgan fingerprint density at radius 1 is 0.920 bits per heavy atom. The molecule has 0 saturated carbocycles. The van der Waals surface area contributed by atoms with E-state index < -0.39 is 0 Å². The fourth-order valence-electron chi connectivity index (χ4n) is 2.36. The van der Waals surface area contributed by atoms with Gasteiger partial charge >= 0.3 is 0 Å². The number of nitrogens with one attached hydrogen (secondary N) is 4. The average molecular weight is 350 g/mol. The predicted molar refractivity (Wildman–Crippen MR) is 102 cm³/mol. The second kappa shape index (κ2) is 6.65. The molecule has 4 N–H and O–H groups in total. The van der Waals surface area contributed by atoms with Gasteiger partial charge in [-0.1, -0.05) is 24.9 Å². The van der Waals surface area contributed by atoms with Crippen molar-refractivity contribution in [3.63, 3.8) is 0 Å². The topological polar surface area (TPSA) is 103 Å². The van der Waals surface area contributed by atoms with E-state index in [9.17, 15) is 0 Å². The van der Waals surface area contributed by atoms with E-state index in [1.807, 2.05) is 48.5 Å². The SMILES string of the molecule is SNc1ccc(Nc2cnnc(Nc3n[nH]c4ccccc34)n2)cc1. The number of thiol groups is 1. The first-order chi connectivity index (χ1) is 12.3. The van der Waals surface area contributed by atoms with Gasteiger partial charge < -0.3 is 15.4 Å². The molecule has 4 aromatic rings. The third kappa shape index (κ3) is 3.31. The van der Waals surface area contributed by atoms with Crippen LogP contribution in [0.1, 0.15) is 0 Å². The van der Waals surface area contributed by atoms with Crippen molar-refractivity contribution in [3.8, 4) is 0 Å². The maximum Gasteiger partial charge on any atom is 0.250 e. The Morgan fingerprint density at radius 3 is 2.56 bits per heavy atom. The van der Waals surface area contributed by atoms with Gasteiger partial charge in [0.15, 0.2) is 11.6 Å². The van der Waals surface area contributed by atoms with Gasteiger partial charge in [-0.2, -0.15) is 15.2 Å². The lowest BCUT2D eigenvalue weighted by Gasteiger charge is -2.07. The van der Waals surface area contributed by atoms with E-state index in [2.05, 4.69) is 53.5 Å². The van der Waals surface area contributed by atoms with Gasteiger partial charge in [-0.25, -0.2) is 0 Å². The quantitative estimate of drug-likeness (QED) is 0.351. The van der Waals surface area contributed by atoms with Crippen molar-refractivity contribution in [2.45, 2.75) is 0 Å². The molecule has 25 heavy (non-hydrogen) atoms. The second-order valence-electron chi connectivity index (χ2n) is 5.22. The molecule has 0 atom stereocenters. The molecule has 0 radical (unpaired) electrons. The number of hydrogen-bond acceptors (Lipinski definition) is 8. The highest BCUT2D eigenvalue weighted by molar-refractivity contribution is 7.81. The molecule has 0 bridgehead atoms. The predicted octanol–water partition coefficient (Wildman–Crippen LogP) is 3.49. The molecular weight excluding hydrogens is 336 g/mol. The van der Waals surface area contributed by atoms with E-state index in [1.165, 1.54) is 0 Å².